The summed E-state index contributed by atoms with van der Waals surface area (Å²) in [6.07, 6.45) is 4.35. The molecule has 2 rings (SSSR count). The number of nitrogens with one attached hydrogen (secondary N) is 1. The molecule has 1 aliphatic rings. The lowest BCUT2D eigenvalue weighted by atomic mass is 9.99. The van der Waals surface area contributed by atoms with Gasteiger partial charge >= 0.3 is 0 Å². The van der Waals surface area contributed by atoms with E-state index in [0.717, 1.165) is 25.7 Å². The molecule has 0 amide bonds. The summed E-state index contributed by atoms with van der Waals surface area (Å²) in [4.78, 5) is 0.179. The van der Waals surface area contributed by atoms with Crippen molar-refractivity contribution in [2.24, 2.45) is 11.7 Å². The molecule has 3 N–H and O–H groups in total. The first kappa shape index (κ1) is 16.7. The van der Waals surface area contributed by atoms with Gasteiger partial charge in [-0.3, -0.25) is 0 Å². The van der Waals surface area contributed by atoms with Crippen LogP contribution in [0.3, 0.4) is 0 Å². The van der Waals surface area contributed by atoms with Gasteiger partial charge in [0.2, 0.25) is 10.0 Å². The number of rotatable bonds is 6. The molecule has 0 saturated heterocycles. The molecule has 0 aliphatic heterocycles. The van der Waals surface area contributed by atoms with E-state index in [-0.39, 0.29) is 10.9 Å². The number of nitrogens with two attached hydrogens (primary N) is 1. The quantitative estimate of drug-likeness (QED) is 0.797. The number of halogens is 1. The van der Waals surface area contributed by atoms with E-state index >= 15 is 0 Å². The van der Waals surface area contributed by atoms with Crippen LogP contribution < -0.4 is 15.2 Å². The summed E-state index contributed by atoms with van der Waals surface area (Å²) in [7, 11) is -2.12. The number of benzene rings is 1. The second-order valence-corrected chi connectivity index (χ2v) is 7.84. The third-order valence-corrected chi connectivity index (χ3v) is 6.44. The highest BCUT2D eigenvalue weighted by Crippen LogP contribution is 2.30. The molecule has 0 radical (unpaired) electrons. The van der Waals surface area contributed by atoms with Crippen molar-refractivity contribution in [2.75, 3.05) is 13.7 Å². The van der Waals surface area contributed by atoms with Crippen LogP contribution in [0.25, 0.3) is 0 Å². The highest BCUT2D eigenvalue weighted by Gasteiger charge is 2.29. The monoisotopic (exact) mass is 376 g/mol. The molecule has 1 aliphatic carbocycles. The summed E-state index contributed by atoms with van der Waals surface area (Å²) >= 11 is 3.28. The highest BCUT2D eigenvalue weighted by molar-refractivity contribution is 9.10. The van der Waals surface area contributed by atoms with Crippen molar-refractivity contribution in [3.05, 3.63) is 22.7 Å². The molecule has 1 fully saturated rings. The maximum atomic E-state index is 12.6. The summed E-state index contributed by atoms with van der Waals surface area (Å²) in [5, 5.41) is 0. The Morgan fingerprint density at radius 2 is 2.10 bits per heavy atom. The molecule has 0 heterocycles. The molecule has 1 unspecified atom stereocenters. The van der Waals surface area contributed by atoms with Crippen LogP contribution in [0.5, 0.6) is 5.75 Å². The zero-order valence-electron chi connectivity index (χ0n) is 12.0. The smallest absolute Gasteiger partial charge is 0.242 e. The van der Waals surface area contributed by atoms with E-state index in [1.807, 2.05) is 0 Å². The van der Waals surface area contributed by atoms with Gasteiger partial charge in [0.15, 0.2) is 0 Å². The fourth-order valence-electron chi connectivity index (χ4n) is 2.78. The Labute approximate surface area is 134 Å². The molecule has 5 nitrogen and oxygen atoms in total. The van der Waals surface area contributed by atoms with E-state index < -0.39 is 10.0 Å². The van der Waals surface area contributed by atoms with Gasteiger partial charge in [0.1, 0.15) is 5.75 Å². The van der Waals surface area contributed by atoms with Crippen molar-refractivity contribution >= 4 is 26.0 Å². The van der Waals surface area contributed by atoms with Crippen LogP contribution in [0.2, 0.25) is 0 Å². The van der Waals surface area contributed by atoms with E-state index in [2.05, 4.69) is 20.7 Å². The van der Waals surface area contributed by atoms with Crippen LogP contribution in [0, 0.1) is 5.92 Å². The Bertz CT molecular complexity index is 586. The first-order chi connectivity index (χ1) is 9.97. The van der Waals surface area contributed by atoms with E-state index in [9.17, 15) is 8.42 Å². The lowest BCUT2D eigenvalue weighted by Gasteiger charge is -2.23. The van der Waals surface area contributed by atoms with Crippen molar-refractivity contribution in [1.82, 2.24) is 4.72 Å². The number of methoxy groups -OCH3 is 1. The highest BCUT2D eigenvalue weighted by atomic mass is 79.9. The molecule has 118 valence electrons. The minimum atomic E-state index is -3.63. The van der Waals surface area contributed by atoms with E-state index in [4.69, 9.17) is 10.5 Å². The van der Waals surface area contributed by atoms with E-state index in [0.29, 0.717) is 22.7 Å². The molecule has 0 spiro atoms. The van der Waals surface area contributed by atoms with Gasteiger partial charge in [-0.15, -0.1) is 0 Å². The first-order valence-corrected chi connectivity index (χ1v) is 9.31. The normalized spacial score (nSPS) is 17.9. The van der Waals surface area contributed by atoms with Crippen LogP contribution in [0.15, 0.2) is 27.6 Å². The number of ether oxygens (including phenoxy) is 1. The van der Waals surface area contributed by atoms with Crippen LogP contribution in [0.1, 0.15) is 25.7 Å². The summed E-state index contributed by atoms with van der Waals surface area (Å²) in [5.41, 5.74) is 5.77. The van der Waals surface area contributed by atoms with Crippen molar-refractivity contribution in [2.45, 2.75) is 36.6 Å². The van der Waals surface area contributed by atoms with Crippen LogP contribution in [-0.4, -0.2) is 28.1 Å². The number of hydrogen-bond acceptors (Lipinski definition) is 4. The summed E-state index contributed by atoms with van der Waals surface area (Å²) in [6, 6.07) is 4.67. The van der Waals surface area contributed by atoms with Gasteiger partial charge in [0.05, 0.1) is 12.0 Å². The number of sulfonamides is 1. The zero-order valence-corrected chi connectivity index (χ0v) is 14.4. The first-order valence-electron chi connectivity index (χ1n) is 7.04. The lowest BCUT2D eigenvalue weighted by Crippen LogP contribution is -2.44. The van der Waals surface area contributed by atoms with E-state index in [1.54, 1.807) is 12.1 Å². The average molecular weight is 377 g/mol. The van der Waals surface area contributed by atoms with Gasteiger partial charge in [-0.2, -0.15) is 0 Å². The Kier molecular flexibility index (Phi) is 5.65. The molecule has 7 heteroatoms. The fourth-order valence-corrected chi connectivity index (χ4v) is 5.07. The predicted molar refractivity (Wildman–Crippen MR) is 85.8 cm³/mol. The SMILES string of the molecule is COc1ccc(Br)c(S(=O)(=O)NC(CN)C2CCCC2)c1. The molecule has 21 heavy (non-hydrogen) atoms. The van der Waals surface area contributed by atoms with Crippen molar-refractivity contribution in [1.29, 1.82) is 0 Å². The van der Waals surface area contributed by atoms with Gasteiger partial charge in [0, 0.05) is 23.1 Å². The maximum absolute atomic E-state index is 12.6. The third-order valence-electron chi connectivity index (χ3n) is 3.96. The second kappa shape index (κ2) is 7.09. The topological polar surface area (TPSA) is 81.4 Å². The third kappa shape index (κ3) is 3.97. The standard InChI is InChI=1S/C14H21BrN2O3S/c1-20-11-6-7-12(15)14(8-11)21(18,19)17-13(9-16)10-4-2-3-5-10/h6-8,10,13,17H,2-5,9,16H2,1H3. The Balaban J connectivity index is 2.24. The van der Waals surface area contributed by atoms with Gasteiger partial charge in [0.25, 0.3) is 0 Å². The molecule has 1 aromatic carbocycles. The Morgan fingerprint density at radius 3 is 2.67 bits per heavy atom. The van der Waals surface area contributed by atoms with Crippen molar-refractivity contribution in [3.63, 3.8) is 0 Å². The van der Waals surface area contributed by atoms with Gasteiger partial charge in [-0.05, 0) is 46.8 Å². The van der Waals surface area contributed by atoms with Crippen molar-refractivity contribution < 1.29 is 13.2 Å². The summed E-state index contributed by atoms with van der Waals surface area (Å²) in [6.45, 7) is 0.311. The average Bonchev–Trinajstić information content (AvgIpc) is 2.99. The Morgan fingerprint density at radius 1 is 1.43 bits per heavy atom. The molecule has 0 bridgehead atoms. The van der Waals surface area contributed by atoms with E-state index in [1.165, 1.54) is 13.2 Å². The van der Waals surface area contributed by atoms with Gasteiger partial charge in [-0.25, -0.2) is 13.1 Å². The lowest BCUT2D eigenvalue weighted by molar-refractivity contribution is 0.404. The van der Waals surface area contributed by atoms with Crippen LogP contribution >= 0.6 is 15.9 Å². The van der Waals surface area contributed by atoms with Crippen LogP contribution in [-0.2, 0) is 10.0 Å². The van der Waals surface area contributed by atoms with Crippen molar-refractivity contribution in [3.8, 4) is 5.75 Å². The largest absolute Gasteiger partial charge is 0.497 e. The van der Waals surface area contributed by atoms with Gasteiger partial charge < -0.3 is 10.5 Å². The molecular formula is C14H21BrN2O3S. The molecule has 0 aromatic heterocycles. The fraction of sp³-hybridized carbons (Fsp3) is 0.571. The minimum Gasteiger partial charge on any atom is -0.497 e. The summed E-state index contributed by atoms with van der Waals surface area (Å²) in [5.74, 6) is 0.831. The minimum absolute atomic E-state index is 0.179. The Hall–Kier alpha value is -0.630. The molecule has 1 atom stereocenters. The van der Waals surface area contributed by atoms with Crippen LogP contribution in [0.4, 0.5) is 0 Å². The molecule has 1 saturated carbocycles. The molecule has 1 aromatic rings. The second-order valence-electron chi connectivity index (χ2n) is 5.30. The summed E-state index contributed by atoms with van der Waals surface area (Å²) < 4.78 is 33.6. The zero-order chi connectivity index (χ0) is 15.5. The maximum Gasteiger partial charge on any atom is 0.242 e. The number of hydrogen-bond donors (Lipinski definition) is 2. The molecular weight excluding hydrogens is 356 g/mol. The predicted octanol–water partition coefficient (Wildman–Crippen LogP) is 2.25. The van der Waals surface area contributed by atoms with Gasteiger partial charge in [-0.1, -0.05) is 12.8 Å².